The van der Waals surface area contributed by atoms with E-state index in [-0.39, 0.29) is 45.5 Å². The molecule has 12 nitrogen and oxygen atoms in total. The molecule has 0 saturated carbocycles. The average molecular weight is 704 g/mol. The maximum atomic E-state index is 13.8. The molecular weight excluding hydrogens is 684 g/mol. The van der Waals surface area contributed by atoms with E-state index in [9.17, 15) is 41.2 Å². The molecule has 5 rings (SSSR count). The van der Waals surface area contributed by atoms with E-state index in [0.29, 0.717) is 15.9 Å². The van der Waals surface area contributed by atoms with Crippen molar-refractivity contribution in [2.75, 3.05) is 5.32 Å². The van der Waals surface area contributed by atoms with Gasteiger partial charge in [0.25, 0.3) is 17.6 Å². The van der Waals surface area contributed by atoms with Crippen LogP contribution in [0.5, 0.6) is 5.75 Å². The van der Waals surface area contributed by atoms with Gasteiger partial charge in [-0.15, -0.1) is 23.4 Å². The summed E-state index contributed by atoms with van der Waals surface area (Å²) in [6, 6.07) is 16.9. The Morgan fingerprint density at radius 1 is 0.980 bits per heavy atom. The largest absolute Gasteiger partial charge is 0.573 e. The van der Waals surface area contributed by atoms with E-state index < -0.39 is 42.5 Å². The van der Waals surface area contributed by atoms with Gasteiger partial charge in [0.1, 0.15) is 18.0 Å². The summed E-state index contributed by atoms with van der Waals surface area (Å²) in [5.41, 5.74) is 0.881. The molecular formula is C30H20ClF6N9O3. The number of ether oxygens (including phenoxy) is 1. The van der Waals surface area contributed by atoms with E-state index in [0.717, 1.165) is 16.8 Å². The van der Waals surface area contributed by atoms with Crippen molar-refractivity contribution in [3.8, 4) is 17.5 Å². The van der Waals surface area contributed by atoms with Gasteiger partial charge in [-0.1, -0.05) is 35.9 Å². The van der Waals surface area contributed by atoms with Gasteiger partial charge in [-0.3, -0.25) is 9.59 Å². The first-order chi connectivity index (χ1) is 23.1. The summed E-state index contributed by atoms with van der Waals surface area (Å²) < 4.78 is 81.5. The molecule has 0 unspecified atom stereocenters. The Hall–Kier alpha value is -5.96. The van der Waals surface area contributed by atoms with Gasteiger partial charge in [-0.25, -0.2) is 4.68 Å². The minimum absolute atomic E-state index is 0.0108. The van der Waals surface area contributed by atoms with Crippen molar-refractivity contribution in [1.82, 2.24) is 35.3 Å². The summed E-state index contributed by atoms with van der Waals surface area (Å²) in [7, 11) is 0. The van der Waals surface area contributed by atoms with Crippen molar-refractivity contribution in [3.05, 3.63) is 111 Å². The van der Waals surface area contributed by atoms with Gasteiger partial charge in [0, 0.05) is 6.54 Å². The zero-order valence-corrected chi connectivity index (χ0v) is 25.5. The molecule has 0 bridgehead atoms. The minimum atomic E-state index is -4.87. The molecule has 2 amide bonds. The summed E-state index contributed by atoms with van der Waals surface area (Å²) in [6.45, 7) is 0.995. The Bertz CT molecular complexity index is 2070. The van der Waals surface area contributed by atoms with Gasteiger partial charge in [-0.05, 0) is 65.7 Å². The van der Waals surface area contributed by atoms with Crippen molar-refractivity contribution in [2.24, 2.45) is 0 Å². The molecule has 0 radical (unpaired) electrons. The molecule has 0 aliphatic carbocycles. The Morgan fingerprint density at radius 2 is 1.69 bits per heavy atom. The third kappa shape index (κ3) is 8.31. The molecule has 0 aliphatic rings. The number of rotatable bonds is 9. The number of hydrogen-bond acceptors (Lipinski definition) is 8. The molecule has 252 valence electrons. The van der Waals surface area contributed by atoms with Crippen LogP contribution in [-0.4, -0.2) is 48.2 Å². The Balaban J connectivity index is 1.43. The van der Waals surface area contributed by atoms with E-state index in [1.807, 2.05) is 6.07 Å². The molecule has 0 fully saturated rings. The summed E-state index contributed by atoms with van der Waals surface area (Å²) >= 11 is 6.37. The highest BCUT2D eigenvalue weighted by atomic mass is 35.5. The first-order valence-corrected chi connectivity index (χ1v) is 14.2. The number of para-hydroxylation sites is 1. The van der Waals surface area contributed by atoms with Crippen molar-refractivity contribution >= 4 is 29.1 Å². The van der Waals surface area contributed by atoms with Crippen LogP contribution in [0.4, 0.5) is 32.0 Å². The van der Waals surface area contributed by atoms with Gasteiger partial charge < -0.3 is 15.4 Å². The number of aryl methyl sites for hydroxylation is 1. The smallest absolute Gasteiger partial charge is 0.406 e. The average Bonchev–Trinajstić information content (AvgIpc) is 3.69. The number of nitriles is 1. The van der Waals surface area contributed by atoms with E-state index in [4.69, 9.17) is 11.6 Å². The number of aromatic nitrogens is 6. The first kappa shape index (κ1) is 34.4. The number of nitrogens with zero attached hydrogens (tertiary/aromatic N) is 7. The van der Waals surface area contributed by atoms with Crippen molar-refractivity contribution in [1.29, 1.82) is 5.26 Å². The SMILES string of the molecule is Cc1cc(C#N)cc(C(=O)NCc2ccc(OC(F)(F)F)cc2)c1NC(=O)c1cc(Cn2nnc(C(F)(F)F)n2)nn1-c1ccccc1Cl. The van der Waals surface area contributed by atoms with Crippen molar-refractivity contribution < 1.29 is 40.7 Å². The number of benzene rings is 3. The van der Waals surface area contributed by atoms with Crippen LogP contribution in [0.25, 0.3) is 5.69 Å². The number of tetrazole rings is 1. The molecule has 3 aromatic carbocycles. The normalized spacial score (nSPS) is 11.6. The molecule has 49 heavy (non-hydrogen) atoms. The number of carbonyl (C=O) groups is 2. The standard InChI is InChI=1S/C30H20ClF6N9O3/c1-16-10-18(13-38)11-21(26(47)39-14-17-6-8-20(9-7-17)49-30(35,36)37)25(16)40-27(48)24-12-19(15-45-43-28(41-44-45)29(32,33)34)42-46(24)23-5-3-2-4-22(23)31/h2-12H,14-15H2,1H3,(H,39,47)(H,40,48). The zero-order valence-electron chi connectivity index (χ0n) is 24.8. The number of alkyl halides is 6. The minimum Gasteiger partial charge on any atom is -0.406 e. The van der Waals surface area contributed by atoms with E-state index >= 15 is 0 Å². The van der Waals surface area contributed by atoms with Gasteiger partial charge in [0.05, 0.1) is 39.3 Å². The number of amides is 2. The van der Waals surface area contributed by atoms with E-state index in [2.05, 4.69) is 35.9 Å². The quantitative estimate of drug-likeness (QED) is 0.182. The number of nitrogens with one attached hydrogen (secondary N) is 2. The summed E-state index contributed by atoms with van der Waals surface area (Å²) in [4.78, 5) is 27.8. The van der Waals surface area contributed by atoms with Crippen LogP contribution in [0.1, 0.15) is 49.1 Å². The molecule has 0 aliphatic heterocycles. The number of anilines is 1. The van der Waals surface area contributed by atoms with Crippen LogP contribution in [0.15, 0.2) is 66.7 Å². The number of halogens is 7. The zero-order chi connectivity index (χ0) is 35.5. The first-order valence-electron chi connectivity index (χ1n) is 13.8. The lowest BCUT2D eigenvalue weighted by Gasteiger charge is -2.16. The molecule has 5 aromatic rings. The molecule has 0 atom stereocenters. The Labute approximate surface area is 276 Å². The van der Waals surface area contributed by atoms with Crippen LogP contribution < -0.4 is 15.4 Å². The maximum Gasteiger partial charge on any atom is 0.573 e. The second-order valence-electron chi connectivity index (χ2n) is 10.2. The predicted octanol–water partition coefficient (Wildman–Crippen LogP) is 5.84. The monoisotopic (exact) mass is 703 g/mol. The molecule has 19 heteroatoms. The second kappa shape index (κ2) is 13.6. The highest BCUT2D eigenvalue weighted by molar-refractivity contribution is 6.32. The fourth-order valence-electron chi connectivity index (χ4n) is 4.51. The fourth-order valence-corrected chi connectivity index (χ4v) is 4.72. The molecule has 0 spiro atoms. The predicted molar refractivity (Wildman–Crippen MR) is 159 cm³/mol. The molecule has 2 N–H and O–H groups in total. The second-order valence-corrected chi connectivity index (χ2v) is 10.6. The number of hydrogen-bond donors (Lipinski definition) is 2. The highest BCUT2D eigenvalue weighted by Crippen LogP contribution is 2.28. The van der Waals surface area contributed by atoms with Crippen molar-refractivity contribution in [2.45, 2.75) is 32.6 Å². The lowest BCUT2D eigenvalue weighted by Crippen LogP contribution is -2.26. The van der Waals surface area contributed by atoms with Gasteiger partial charge in [-0.2, -0.15) is 28.3 Å². The summed E-state index contributed by atoms with van der Waals surface area (Å²) in [5, 5.41) is 29.0. The number of carbonyl (C=O) groups excluding carboxylic acids is 2. The van der Waals surface area contributed by atoms with Crippen LogP contribution in [-0.2, 0) is 19.3 Å². The molecule has 2 heterocycles. The van der Waals surface area contributed by atoms with Crippen LogP contribution in [0.3, 0.4) is 0 Å². The van der Waals surface area contributed by atoms with Crippen LogP contribution in [0.2, 0.25) is 5.02 Å². The lowest BCUT2D eigenvalue weighted by atomic mass is 10.0. The van der Waals surface area contributed by atoms with Crippen molar-refractivity contribution in [3.63, 3.8) is 0 Å². The Kier molecular flexibility index (Phi) is 9.57. The lowest BCUT2D eigenvalue weighted by molar-refractivity contribution is -0.274. The van der Waals surface area contributed by atoms with Gasteiger partial charge in [0.15, 0.2) is 0 Å². The van der Waals surface area contributed by atoms with E-state index in [1.165, 1.54) is 43.3 Å². The van der Waals surface area contributed by atoms with Gasteiger partial charge >= 0.3 is 12.5 Å². The maximum absolute atomic E-state index is 13.8. The fraction of sp³-hybridized carbons (Fsp3) is 0.167. The third-order valence-electron chi connectivity index (χ3n) is 6.64. The summed E-state index contributed by atoms with van der Waals surface area (Å²) in [6.07, 6.45) is -9.71. The third-order valence-corrected chi connectivity index (χ3v) is 6.96. The topological polar surface area (TPSA) is 153 Å². The Morgan fingerprint density at radius 3 is 2.33 bits per heavy atom. The van der Waals surface area contributed by atoms with Gasteiger partial charge in [0.2, 0.25) is 0 Å². The molecule has 0 saturated heterocycles. The van der Waals surface area contributed by atoms with Crippen LogP contribution >= 0.6 is 11.6 Å². The van der Waals surface area contributed by atoms with E-state index in [1.54, 1.807) is 18.2 Å². The highest BCUT2D eigenvalue weighted by Gasteiger charge is 2.37. The van der Waals surface area contributed by atoms with Crippen LogP contribution in [0, 0.1) is 18.3 Å². The molecule has 2 aromatic heterocycles. The summed E-state index contributed by atoms with van der Waals surface area (Å²) in [5.74, 6) is -3.47.